The summed E-state index contributed by atoms with van der Waals surface area (Å²) in [6.45, 7) is 3.32. The van der Waals surface area contributed by atoms with E-state index in [9.17, 15) is 0 Å². The number of fused-ring (bicyclic) bond motifs is 3. The third-order valence-electron chi connectivity index (χ3n) is 5.50. The zero-order chi connectivity index (χ0) is 14.2. The molecule has 0 amide bonds. The molecule has 2 aromatic rings. The van der Waals surface area contributed by atoms with Crippen LogP contribution in [0.15, 0.2) is 18.2 Å². The Bertz CT molecular complexity index is 640. The Morgan fingerprint density at radius 2 is 1.95 bits per heavy atom. The number of aryl methyl sites for hydroxylation is 1. The van der Waals surface area contributed by atoms with E-state index in [-0.39, 0.29) is 12.4 Å². The molecule has 1 fully saturated rings. The highest BCUT2D eigenvalue weighted by Crippen LogP contribution is 2.36. The maximum absolute atomic E-state index is 3.77. The maximum atomic E-state index is 3.77. The van der Waals surface area contributed by atoms with E-state index in [0.29, 0.717) is 6.04 Å². The van der Waals surface area contributed by atoms with Crippen LogP contribution in [-0.4, -0.2) is 11.5 Å². The van der Waals surface area contributed by atoms with Gasteiger partial charge in [0.05, 0.1) is 0 Å². The number of nitrogens with one attached hydrogen (secondary N) is 2. The Morgan fingerprint density at radius 3 is 2.77 bits per heavy atom. The van der Waals surface area contributed by atoms with Crippen LogP contribution in [0.25, 0.3) is 10.9 Å². The zero-order valence-electron chi connectivity index (χ0n) is 13.5. The van der Waals surface area contributed by atoms with Gasteiger partial charge in [0, 0.05) is 22.6 Å². The van der Waals surface area contributed by atoms with E-state index in [2.05, 4.69) is 35.4 Å². The summed E-state index contributed by atoms with van der Waals surface area (Å²) in [4.78, 5) is 3.72. The lowest BCUT2D eigenvalue weighted by Crippen LogP contribution is -2.31. The Balaban J connectivity index is 0.00000144. The molecule has 22 heavy (non-hydrogen) atoms. The predicted octanol–water partition coefficient (Wildman–Crippen LogP) is 5.06. The third-order valence-corrected chi connectivity index (χ3v) is 5.50. The molecule has 1 atom stereocenters. The van der Waals surface area contributed by atoms with Crippen molar-refractivity contribution in [3.8, 4) is 0 Å². The fourth-order valence-electron chi connectivity index (χ4n) is 4.38. The average molecular weight is 319 g/mol. The fourth-order valence-corrected chi connectivity index (χ4v) is 4.38. The minimum absolute atomic E-state index is 0. The molecule has 1 saturated carbocycles. The summed E-state index contributed by atoms with van der Waals surface area (Å²) < 4.78 is 0. The minimum atomic E-state index is 0. The Morgan fingerprint density at radius 1 is 1.14 bits per heavy atom. The van der Waals surface area contributed by atoms with E-state index in [1.807, 2.05) is 0 Å². The lowest BCUT2D eigenvalue weighted by molar-refractivity contribution is 0.293. The summed E-state index contributed by atoms with van der Waals surface area (Å²) in [7, 11) is 0. The van der Waals surface area contributed by atoms with Crippen LogP contribution in [0.2, 0.25) is 0 Å². The second-order valence-corrected chi connectivity index (χ2v) is 7.06. The first-order chi connectivity index (χ1) is 10.3. The molecule has 1 unspecified atom stereocenters. The summed E-state index contributed by atoms with van der Waals surface area (Å²) in [6.07, 6.45) is 9.69. The van der Waals surface area contributed by atoms with Crippen molar-refractivity contribution < 1.29 is 0 Å². The van der Waals surface area contributed by atoms with Gasteiger partial charge in [0.15, 0.2) is 0 Å². The number of benzene rings is 1. The zero-order valence-corrected chi connectivity index (χ0v) is 14.3. The van der Waals surface area contributed by atoms with Crippen LogP contribution in [0.1, 0.15) is 61.4 Å². The second-order valence-electron chi connectivity index (χ2n) is 7.06. The molecule has 120 valence electrons. The van der Waals surface area contributed by atoms with Gasteiger partial charge in [-0.3, -0.25) is 0 Å². The Labute approximate surface area is 139 Å². The van der Waals surface area contributed by atoms with Gasteiger partial charge in [-0.1, -0.05) is 43.7 Å². The number of halogens is 1. The molecule has 1 aromatic heterocycles. The van der Waals surface area contributed by atoms with Crippen molar-refractivity contribution >= 4 is 23.3 Å². The normalized spacial score (nSPS) is 22.3. The first-order valence-electron chi connectivity index (χ1n) is 8.66. The topological polar surface area (TPSA) is 27.8 Å². The van der Waals surface area contributed by atoms with E-state index in [1.165, 1.54) is 67.1 Å². The molecular formula is C19H27ClN2. The number of rotatable bonds is 2. The number of hydrogen-bond acceptors (Lipinski definition) is 1. The molecule has 4 rings (SSSR count). The smallest absolute Gasteiger partial charge is 0.0478 e. The molecule has 0 bridgehead atoms. The maximum Gasteiger partial charge on any atom is 0.0478 e. The van der Waals surface area contributed by atoms with Crippen molar-refractivity contribution in [2.24, 2.45) is 5.92 Å². The van der Waals surface area contributed by atoms with Gasteiger partial charge in [0.1, 0.15) is 0 Å². The van der Waals surface area contributed by atoms with Crippen LogP contribution in [0, 0.1) is 12.8 Å². The standard InChI is InChI=1S/C19H26N2.ClH/c1-13-7-8-17-16(11-13)15-9-10-20-18(19(15)21-17)12-14-5-3-2-4-6-14;/h7-8,11,14,18,20-21H,2-6,9-10,12H2,1H3;1H. The predicted molar refractivity (Wildman–Crippen MR) is 95.9 cm³/mol. The van der Waals surface area contributed by atoms with Gasteiger partial charge < -0.3 is 10.3 Å². The molecule has 2 aliphatic rings. The fraction of sp³-hybridized carbons (Fsp3) is 0.579. The van der Waals surface area contributed by atoms with Gasteiger partial charge in [-0.2, -0.15) is 0 Å². The monoisotopic (exact) mass is 318 g/mol. The third kappa shape index (κ3) is 2.91. The van der Waals surface area contributed by atoms with Crippen molar-refractivity contribution in [3.05, 3.63) is 35.0 Å². The van der Waals surface area contributed by atoms with E-state index in [0.717, 1.165) is 12.5 Å². The second kappa shape index (κ2) is 6.64. The van der Waals surface area contributed by atoms with Crippen LogP contribution >= 0.6 is 12.4 Å². The van der Waals surface area contributed by atoms with Crippen molar-refractivity contribution in [1.82, 2.24) is 10.3 Å². The summed E-state index contributed by atoms with van der Waals surface area (Å²) in [5.41, 5.74) is 5.75. The molecule has 3 heteroatoms. The minimum Gasteiger partial charge on any atom is -0.357 e. The van der Waals surface area contributed by atoms with Crippen molar-refractivity contribution in [1.29, 1.82) is 0 Å². The summed E-state index contributed by atoms with van der Waals surface area (Å²) in [6, 6.07) is 7.37. The van der Waals surface area contributed by atoms with E-state index >= 15 is 0 Å². The van der Waals surface area contributed by atoms with Gasteiger partial charge in [0.25, 0.3) is 0 Å². The largest absolute Gasteiger partial charge is 0.357 e. The quantitative estimate of drug-likeness (QED) is 0.796. The van der Waals surface area contributed by atoms with Crippen molar-refractivity contribution in [2.45, 2.75) is 57.9 Å². The number of H-pyrrole nitrogens is 1. The van der Waals surface area contributed by atoms with Crippen molar-refractivity contribution in [2.75, 3.05) is 6.54 Å². The van der Waals surface area contributed by atoms with Crippen LogP contribution in [0.5, 0.6) is 0 Å². The van der Waals surface area contributed by atoms with Crippen LogP contribution in [0.4, 0.5) is 0 Å². The van der Waals surface area contributed by atoms with Crippen molar-refractivity contribution in [3.63, 3.8) is 0 Å². The molecule has 2 heterocycles. The SMILES string of the molecule is Cc1ccc2[nH]c3c(c2c1)CCNC3CC1CCCCC1.Cl. The van der Waals surface area contributed by atoms with Gasteiger partial charge in [-0.25, -0.2) is 0 Å². The Kier molecular flexibility index (Phi) is 4.79. The van der Waals surface area contributed by atoms with Crippen LogP contribution < -0.4 is 5.32 Å². The molecule has 2 N–H and O–H groups in total. The molecule has 0 spiro atoms. The molecule has 0 radical (unpaired) electrons. The first kappa shape index (κ1) is 15.9. The van der Waals surface area contributed by atoms with Gasteiger partial charge in [-0.05, 0) is 49.9 Å². The summed E-state index contributed by atoms with van der Waals surface area (Å²) in [5, 5.41) is 5.23. The average Bonchev–Trinajstić information content (AvgIpc) is 2.88. The van der Waals surface area contributed by atoms with E-state index in [1.54, 1.807) is 5.56 Å². The number of aromatic amines is 1. The van der Waals surface area contributed by atoms with Gasteiger partial charge >= 0.3 is 0 Å². The molecular weight excluding hydrogens is 292 g/mol. The van der Waals surface area contributed by atoms with Crippen LogP contribution in [-0.2, 0) is 6.42 Å². The van der Waals surface area contributed by atoms with Gasteiger partial charge in [0.2, 0.25) is 0 Å². The lowest BCUT2D eigenvalue weighted by Gasteiger charge is -2.30. The van der Waals surface area contributed by atoms with Gasteiger partial charge in [-0.15, -0.1) is 12.4 Å². The highest BCUT2D eigenvalue weighted by Gasteiger charge is 2.26. The number of aromatic nitrogens is 1. The van der Waals surface area contributed by atoms with E-state index in [4.69, 9.17) is 0 Å². The molecule has 1 aliphatic carbocycles. The molecule has 1 aliphatic heterocycles. The summed E-state index contributed by atoms with van der Waals surface area (Å²) in [5.74, 6) is 0.926. The Hall–Kier alpha value is -0.990. The molecule has 1 aromatic carbocycles. The molecule has 0 saturated heterocycles. The lowest BCUT2D eigenvalue weighted by atomic mass is 9.83. The van der Waals surface area contributed by atoms with E-state index < -0.39 is 0 Å². The molecule has 2 nitrogen and oxygen atoms in total. The summed E-state index contributed by atoms with van der Waals surface area (Å²) >= 11 is 0. The first-order valence-corrected chi connectivity index (χ1v) is 8.66. The highest BCUT2D eigenvalue weighted by molar-refractivity contribution is 5.86. The van der Waals surface area contributed by atoms with Crippen LogP contribution in [0.3, 0.4) is 0 Å². The number of hydrogen-bond donors (Lipinski definition) is 2. The highest BCUT2D eigenvalue weighted by atomic mass is 35.5.